The van der Waals surface area contributed by atoms with Crippen LogP contribution in [0.2, 0.25) is 0 Å². The van der Waals surface area contributed by atoms with Gasteiger partial charge in [-0.15, -0.1) is 0 Å². The maximum absolute atomic E-state index is 12.6. The van der Waals surface area contributed by atoms with Gasteiger partial charge in [-0.3, -0.25) is 4.79 Å². The first-order valence-electron chi connectivity index (χ1n) is 9.20. The van der Waals surface area contributed by atoms with E-state index in [2.05, 4.69) is 17.2 Å². The van der Waals surface area contributed by atoms with Gasteiger partial charge in [0.25, 0.3) is 0 Å². The van der Waals surface area contributed by atoms with Gasteiger partial charge in [0, 0.05) is 13.1 Å². The normalized spacial score (nSPS) is 18.5. The molecular weight excluding hydrogens is 405 g/mol. The van der Waals surface area contributed by atoms with E-state index in [1.807, 2.05) is 0 Å². The number of hydrogen-bond donors (Lipinski definition) is 4. The quantitative estimate of drug-likeness (QED) is 0.350. The predicted molar refractivity (Wildman–Crippen MR) is 101 cm³/mol. The van der Waals surface area contributed by atoms with E-state index in [0.717, 1.165) is 12.1 Å². The van der Waals surface area contributed by atoms with Crippen molar-refractivity contribution in [2.45, 2.75) is 31.5 Å². The summed E-state index contributed by atoms with van der Waals surface area (Å²) >= 11 is 0. The Morgan fingerprint density at radius 2 is 1.80 bits per heavy atom. The molecule has 1 unspecified atom stereocenters. The van der Waals surface area contributed by atoms with Crippen molar-refractivity contribution in [2.24, 2.45) is 11.7 Å². The van der Waals surface area contributed by atoms with E-state index in [9.17, 15) is 32.7 Å². The molecule has 2 atom stereocenters. The number of alkyl halides is 3. The van der Waals surface area contributed by atoms with E-state index < -0.39 is 41.6 Å². The van der Waals surface area contributed by atoms with Gasteiger partial charge in [0.2, 0.25) is 5.91 Å². The first kappa shape index (κ1) is 23.0. The third-order valence-corrected chi connectivity index (χ3v) is 4.70. The number of rotatable bonds is 9. The molecule has 1 aromatic rings. The molecule has 2 rings (SSSR count). The zero-order chi connectivity index (χ0) is 22.5. The molecule has 11 heteroatoms. The van der Waals surface area contributed by atoms with E-state index in [-0.39, 0.29) is 25.2 Å². The number of carbonyl (C=O) groups excluding carboxylic acids is 2. The van der Waals surface area contributed by atoms with E-state index >= 15 is 0 Å². The van der Waals surface area contributed by atoms with Gasteiger partial charge in [-0.25, -0.2) is 14.5 Å². The van der Waals surface area contributed by atoms with Gasteiger partial charge < -0.3 is 21.5 Å². The first-order valence-corrected chi connectivity index (χ1v) is 9.20. The van der Waals surface area contributed by atoms with Crippen LogP contribution in [0, 0.1) is 5.92 Å². The maximum Gasteiger partial charge on any atom is 0.416 e. The molecule has 0 radical (unpaired) electrons. The molecule has 1 aromatic carbocycles. The number of nitrogens with two attached hydrogens (primary N) is 1. The summed E-state index contributed by atoms with van der Waals surface area (Å²) in [6.07, 6.45) is -3.46. The number of likely N-dealkylation sites (tertiary alicyclic amines) is 1. The number of carboxylic acid groups (broad SMARTS) is 1. The summed E-state index contributed by atoms with van der Waals surface area (Å²) < 4.78 is 37.7. The third-order valence-electron chi connectivity index (χ3n) is 4.70. The highest BCUT2D eigenvalue weighted by atomic mass is 19.4. The summed E-state index contributed by atoms with van der Waals surface area (Å²) in [5.41, 5.74) is 5.14. The number of urea groups is 1. The Bertz CT molecular complexity index is 811. The number of amides is 3. The van der Waals surface area contributed by atoms with Crippen LogP contribution in [0.1, 0.15) is 24.0 Å². The number of nitrogens with one attached hydrogen (secondary N) is 2. The first-order chi connectivity index (χ1) is 14.0. The van der Waals surface area contributed by atoms with E-state index in [1.54, 1.807) is 0 Å². The van der Waals surface area contributed by atoms with Gasteiger partial charge in [-0.1, -0.05) is 18.7 Å². The van der Waals surface area contributed by atoms with Crippen LogP contribution in [-0.2, 0) is 22.2 Å². The minimum atomic E-state index is -4.43. The van der Waals surface area contributed by atoms with Crippen LogP contribution in [0.15, 0.2) is 36.7 Å². The largest absolute Gasteiger partial charge is 0.480 e. The summed E-state index contributed by atoms with van der Waals surface area (Å²) in [5, 5.41) is 14.6. The van der Waals surface area contributed by atoms with Gasteiger partial charge in [-0.2, -0.15) is 13.2 Å². The molecule has 164 valence electrons. The maximum atomic E-state index is 12.6. The number of carbonyl (C=O) groups is 3. The fourth-order valence-electron chi connectivity index (χ4n) is 3.17. The zero-order valence-corrected chi connectivity index (χ0v) is 16.0. The number of halogens is 3. The number of benzene rings is 1. The lowest BCUT2D eigenvalue weighted by Crippen LogP contribution is -2.68. The summed E-state index contributed by atoms with van der Waals surface area (Å²) in [7, 11) is 0. The lowest BCUT2D eigenvalue weighted by atomic mass is 9.84. The number of imide groups is 1. The van der Waals surface area contributed by atoms with Gasteiger partial charge >= 0.3 is 18.2 Å². The van der Waals surface area contributed by atoms with Crippen LogP contribution < -0.4 is 16.4 Å². The van der Waals surface area contributed by atoms with Crippen LogP contribution in [0.5, 0.6) is 0 Å². The molecule has 5 N–H and O–H groups in total. The average molecular weight is 428 g/mol. The van der Waals surface area contributed by atoms with Crippen LogP contribution in [0.4, 0.5) is 18.0 Å². The average Bonchev–Trinajstić information content (AvgIpc) is 2.64. The lowest BCUT2D eigenvalue weighted by Gasteiger charge is -2.42. The molecule has 0 aliphatic carbocycles. The summed E-state index contributed by atoms with van der Waals surface area (Å²) in [6, 6.07) is 2.37. The molecule has 3 amide bonds. The van der Waals surface area contributed by atoms with Crippen molar-refractivity contribution in [3.8, 4) is 0 Å². The Morgan fingerprint density at radius 1 is 1.17 bits per heavy atom. The summed E-state index contributed by atoms with van der Waals surface area (Å²) in [6.45, 7) is 3.92. The topological polar surface area (TPSA) is 125 Å². The molecule has 1 saturated heterocycles. The second-order valence-electron chi connectivity index (χ2n) is 6.87. The summed E-state index contributed by atoms with van der Waals surface area (Å²) in [4.78, 5) is 36.6. The van der Waals surface area contributed by atoms with Crippen molar-refractivity contribution < 1.29 is 32.7 Å². The second-order valence-corrected chi connectivity index (χ2v) is 6.87. The number of carboxylic acids is 1. The molecule has 1 aliphatic heterocycles. The van der Waals surface area contributed by atoms with Gasteiger partial charge in [-0.05, 0) is 37.0 Å². The van der Waals surface area contributed by atoms with Crippen LogP contribution in [0.3, 0.4) is 0 Å². The minimum absolute atomic E-state index is 0.0352. The fourth-order valence-corrected chi connectivity index (χ4v) is 3.17. The molecule has 30 heavy (non-hydrogen) atoms. The van der Waals surface area contributed by atoms with Gasteiger partial charge in [0.1, 0.15) is 0 Å². The SMILES string of the molecule is C=C(N)NCCC[C@H]1C(=O)N(C(=O)NCCc2ccc(C(F)(F)F)cc2)C1C(=O)O. The number of nitrogens with zero attached hydrogens (tertiary/aromatic N) is 1. The number of β-lactam (4-membered cyclic amide) rings is 1. The Balaban J connectivity index is 1.84. The van der Waals surface area contributed by atoms with Crippen LogP contribution in [0.25, 0.3) is 0 Å². The molecule has 0 saturated carbocycles. The Labute approximate surface area is 170 Å². The fraction of sp³-hybridized carbons (Fsp3) is 0.421. The highest BCUT2D eigenvalue weighted by Crippen LogP contribution is 2.31. The zero-order valence-electron chi connectivity index (χ0n) is 16.0. The lowest BCUT2D eigenvalue weighted by molar-refractivity contribution is -0.166. The standard InChI is InChI=1S/C19H23F3N4O4/c1-11(23)24-9-2-3-14-15(17(28)29)26(16(14)27)18(30)25-10-8-12-4-6-13(7-5-12)19(20,21)22/h4-7,14-15,24H,1-3,8-10,23H2,(H,25,30)(H,28,29)/t14-,15?/m1/s1. The van der Waals surface area contributed by atoms with E-state index in [1.165, 1.54) is 12.1 Å². The van der Waals surface area contributed by atoms with Crippen LogP contribution >= 0.6 is 0 Å². The Morgan fingerprint density at radius 3 is 2.33 bits per heavy atom. The van der Waals surface area contributed by atoms with Crippen molar-refractivity contribution >= 4 is 17.9 Å². The molecule has 8 nitrogen and oxygen atoms in total. The van der Waals surface area contributed by atoms with E-state index in [4.69, 9.17) is 5.73 Å². The van der Waals surface area contributed by atoms with Crippen molar-refractivity contribution in [3.63, 3.8) is 0 Å². The Hall–Kier alpha value is -3.24. The van der Waals surface area contributed by atoms with Gasteiger partial charge in [0.15, 0.2) is 6.04 Å². The van der Waals surface area contributed by atoms with Crippen LogP contribution in [-0.4, -0.2) is 47.0 Å². The monoisotopic (exact) mass is 428 g/mol. The predicted octanol–water partition coefficient (Wildman–Crippen LogP) is 1.67. The highest BCUT2D eigenvalue weighted by molar-refractivity contribution is 6.07. The van der Waals surface area contributed by atoms with Crippen molar-refractivity contribution in [1.29, 1.82) is 0 Å². The molecule has 0 aromatic heterocycles. The molecule has 1 heterocycles. The number of hydrogen-bond acceptors (Lipinski definition) is 5. The summed E-state index contributed by atoms with van der Waals surface area (Å²) in [5.74, 6) is -2.41. The van der Waals surface area contributed by atoms with E-state index in [0.29, 0.717) is 23.4 Å². The molecule has 0 bridgehead atoms. The Kier molecular flexibility index (Phi) is 7.30. The minimum Gasteiger partial charge on any atom is -0.480 e. The van der Waals surface area contributed by atoms with Crippen molar-refractivity contribution in [3.05, 3.63) is 47.8 Å². The smallest absolute Gasteiger partial charge is 0.416 e. The highest BCUT2D eigenvalue weighted by Gasteiger charge is 2.54. The second kappa shape index (κ2) is 9.51. The van der Waals surface area contributed by atoms with Crippen molar-refractivity contribution in [1.82, 2.24) is 15.5 Å². The number of aliphatic carboxylic acids is 1. The van der Waals surface area contributed by atoms with Gasteiger partial charge in [0.05, 0.1) is 17.3 Å². The molecule has 0 spiro atoms. The molecular formula is C19H23F3N4O4. The third kappa shape index (κ3) is 5.65. The molecule has 1 aliphatic rings. The molecule has 1 fully saturated rings. The van der Waals surface area contributed by atoms with Crippen molar-refractivity contribution in [2.75, 3.05) is 13.1 Å².